The Morgan fingerprint density at radius 3 is 2.48 bits per heavy atom. The van der Waals surface area contributed by atoms with Gasteiger partial charge in [-0.3, -0.25) is 0 Å². The Bertz CT molecular complexity index is 701. The number of hydrogen-bond donors (Lipinski definition) is 1. The highest BCUT2D eigenvalue weighted by molar-refractivity contribution is 5.30. The summed E-state index contributed by atoms with van der Waals surface area (Å²) in [7, 11) is 0. The Kier molecular flexibility index (Phi) is 3.30. The minimum atomic E-state index is -0.953. The van der Waals surface area contributed by atoms with E-state index in [4.69, 9.17) is 4.74 Å². The Morgan fingerprint density at radius 2 is 1.78 bits per heavy atom. The summed E-state index contributed by atoms with van der Waals surface area (Å²) in [5, 5.41) is 10.9. The number of benzene rings is 2. The van der Waals surface area contributed by atoms with Crippen LogP contribution in [0, 0.1) is 5.82 Å². The first-order valence-electron chi connectivity index (χ1n) is 8.00. The van der Waals surface area contributed by atoms with Crippen LogP contribution in [0.1, 0.15) is 36.9 Å². The molecule has 2 aliphatic rings. The van der Waals surface area contributed by atoms with Crippen molar-refractivity contribution in [3.63, 3.8) is 0 Å². The van der Waals surface area contributed by atoms with Crippen molar-refractivity contribution in [1.82, 2.24) is 4.90 Å². The molecule has 3 nitrogen and oxygen atoms in total. The van der Waals surface area contributed by atoms with E-state index in [1.54, 1.807) is 12.1 Å². The lowest BCUT2D eigenvalue weighted by molar-refractivity contribution is -0.157. The molecular weight excluding hydrogens is 293 g/mol. The standard InChI is InChI=1S/C19H20FNO2/c1-18(22)11-12-19(15-7-9-16(20)10-8-15)21(18)17(13-23-19)14-5-3-2-4-6-14/h2-10,17,22H,11-13H2,1H3/t17-,18?,19+/m0/s1. The van der Waals surface area contributed by atoms with Gasteiger partial charge in [-0.25, -0.2) is 9.29 Å². The molecule has 1 unspecified atom stereocenters. The molecule has 2 aromatic rings. The Hall–Kier alpha value is -1.75. The smallest absolute Gasteiger partial charge is 0.150 e. The van der Waals surface area contributed by atoms with E-state index < -0.39 is 11.4 Å². The van der Waals surface area contributed by atoms with Gasteiger partial charge in [-0.2, -0.15) is 0 Å². The lowest BCUT2D eigenvalue weighted by Crippen LogP contribution is -2.48. The molecule has 120 valence electrons. The molecule has 0 spiro atoms. The molecule has 1 N–H and O–H groups in total. The minimum Gasteiger partial charge on any atom is -0.376 e. The second-order valence-corrected chi connectivity index (χ2v) is 6.62. The van der Waals surface area contributed by atoms with Gasteiger partial charge in [-0.1, -0.05) is 42.5 Å². The van der Waals surface area contributed by atoms with Crippen LogP contribution in [0.2, 0.25) is 0 Å². The fourth-order valence-electron chi connectivity index (χ4n) is 4.05. The first-order valence-corrected chi connectivity index (χ1v) is 8.00. The van der Waals surface area contributed by atoms with Crippen molar-refractivity contribution >= 4 is 0 Å². The van der Waals surface area contributed by atoms with Gasteiger partial charge >= 0.3 is 0 Å². The molecule has 0 aliphatic carbocycles. The molecule has 2 fully saturated rings. The molecule has 0 aromatic heterocycles. The lowest BCUT2D eigenvalue weighted by Gasteiger charge is -2.39. The van der Waals surface area contributed by atoms with Gasteiger partial charge in [0, 0.05) is 0 Å². The minimum absolute atomic E-state index is 0.0150. The van der Waals surface area contributed by atoms with E-state index in [2.05, 4.69) is 17.0 Å². The van der Waals surface area contributed by atoms with E-state index in [-0.39, 0.29) is 11.9 Å². The summed E-state index contributed by atoms with van der Waals surface area (Å²) in [6.07, 6.45) is 1.31. The third kappa shape index (κ3) is 2.21. The first kappa shape index (κ1) is 14.8. The Balaban J connectivity index is 1.80. The fourth-order valence-corrected chi connectivity index (χ4v) is 4.05. The summed E-state index contributed by atoms with van der Waals surface area (Å²) in [5.74, 6) is -0.265. The zero-order valence-electron chi connectivity index (χ0n) is 13.1. The van der Waals surface area contributed by atoms with Crippen LogP contribution >= 0.6 is 0 Å². The van der Waals surface area contributed by atoms with Crippen LogP contribution in [0.15, 0.2) is 54.6 Å². The molecule has 2 aromatic carbocycles. The molecule has 4 heteroatoms. The van der Waals surface area contributed by atoms with Crippen molar-refractivity contribution in [1.29, 1.82) is 0 Å². The van der Waals surface area contributed by atoms with Crippen molar-refractivity contribution in [2.75, 3.05) is 6.61 Å². The van der Waals surface area contributed by atoms with E-state index in [0.29, 0.717) is 19.4 Å². The molecular formula is C19H20FNO2. The lowest BCUT2D eigenvalue weighted by atomic mass is 9.99. The molecule has 2 saturated heterocycles. The predicted molar refractivity (Wildman–Crippen MR) is 84.9 cm³/mol. The Labute approximate surface area is 135 Å². The van der Waals surface area contributed by atoms with Gasteiger partial charge in [0.15, 0.2) is 5.72 Å². The van der Waals surface area contributed by atoms with Crippen molar-refractivity contribution < 1.29 is 14.2 Å². The molecule has 2 heterocycles. The second-order valence-electron chi connectivity index (χ2n) is 6.62. The number of fused-ring (bicyclic) bond motifs is 1. The number of rotatable bonds is 2. The third-order valence-electron chi connectivity index (χ3n) is 5.12. The molecule has 0 radical (unpaired) electrons. The summed E-state index contributed by atoms with van der Waals surface area (Å²) in [6.45, 7) is 2.35. The van der Waals surface area contributed by atoms with Crippen molar-refractivity contribution in [2.45, 2.75) is 37.3 Å². The molecule has 0 amide bonds. The zero-order chi connectivity index (χ0) is 16.1. The summed E-state index contributed by atoms with van der Waals surface area (Å²) in [4.78, 5) is 2.06. The maximum absolute atomic E-state index is 13.3. The van der Waals surface area contributed by atoms with E-state index in [0.717, 1.165) is 11.1 Å². The van der Waals surface area contributed by atoms with E-state index >= 15 is 0 Å². The number of ether oxygens (including phenoxy) is 1. The summed E-state index contributed by atoms with van der Waals surface area (Å²) < 4.78 is 19.5. The molecule has 3 atom stereocenters. The quantitative estimate of drug-likeness (QED) is 0.920. The van der Waals surface area contributed by atoms with Crippen LogP contribution in [0.3, 0.4) is 0 Å². The van der Waals surface area contributed by atoms with Crippen molar-refractivity contribution in [2.24, 2.45) is 0 Å². The van der Waals surface area contributed by atoms with E-state index in [1.165, 1.54) is 12.1 Å². The molecule has 0 bridgehead atoms. The SMILES string of the molecule is CC1(O)CC[C@]2(c3ccc(F)cc3)OC[C@@H](c3ccccc3)N12. The van der Waals surface area contributed by atoms with Gasteiger partial charge in [-0.05, 0) is 43.0 Å². The van der Waals surface area contributed by atoms with Crippen LogP contribution in [0.5, 0.6) is 0 Å². The molecule has 23 heavy (non-hydrogen) atoms. The van der Waals surface area contributed by atoms with Crippen molar-refractivity contribution in [3.8, 4) is 0 Å². The van der Waals surface area contributed by atoms with Crippen LogP contribution in [0.4, 0.5) is 4.39 Å². The maximum atomic E-state index is 13.3. The highest BCUT2D eigenvalue weighted by Crippen LogP contribution is 2.55. The Morgan fingerprint density at radius 1 is 1.09 bits per heavy atom. The number of aliphatic hydroxyl groups is 1. The molecule has 4 rings (SSSR count). The number of halogens is 1. The highest BCUT2D eigenvalue weighted by atomic mass is 19.1. The predicted octanol–water partition coefficient (Wildman–Crippen LogP) is 3.55. The highest BCUT2D eigenvalue weighted by Gasteiger charge is 2.60. The van der Waals surface area contributed by atoms with Crippen LogP contribution in [0.25, 0.3) is 0 Å². The fraction of sp³-hybridized carbons (Fsp3) is 0.368. The first-order chi connectivity index (χ1) is 11.0. The van der Waals surface area contributed by atoms with Crippen molar-refractivity contribution in [3.05, 3.63) is 71.5 Å². The second kappa shape index (κ2) is 5.13. The van der Waals surface area contributed by atoms with Crippen LogP contribution < -0.4 is 0 Å². The molecule has 2 aliphatic heterocycles. The average molecular weight is 313 g/mol. The van der Waals surface area contributed by atoms with Gasteiger partial charge in [0.2, 0.25) is 0 Å². The summed E-state index contributed by atoms with van der Waals surface area (Å²) >= 11 is 0. The van der Waals surface area contributed by atoms with Gasteiger partial charge in [0.05, 0.1) is 12.6 Å². The molecule has 0 saturated carbocycles. The zero-order valence-corrected chi connectivity index (χ0v) is 13.1. The van der Waals surface area contributed by atoms with Gasteiger partial charge in [-0.15, -0.1) is 0 Å². The normalized spacial score (nSPS) is 33.8. The number of hydrogen-bond acceptors (Lipinski definition) is 3. The topological polar surface area (TPSA) is 32.7 Å². The summed E-state index contributed by atoms with van der Waals surface area (Å²) in [6, 6.07) is 16.5. The summed E-state index contributed by atoms with van der Waals surface area (Å²) in [5.41, 5.74) is 0.386. The van der Waals surface area contributed by atoms with Gasteiger partial charge < -0.3 is 9.84 Å². The maximum Gasteiger partial charge on any atom is 0.150 e. The van der Waals surface area contributed by atoms with Gasteiger partial charge in [0.25, 0.3) is 0 Å². The monoisotopic (exact) mass is 313 g/mol. The van der Waals surface area contributed by atoms with E-state index in [9.17, 15) is 9.50 Å². The average Bonchev–Trinajstić information content (AvgIpc) is 3.07. The van der Waals surface area contributed by atoms with Crippen LogP contribution in [-0.4, -0.2) is 22.3 Å². The van der Waals surface area contributed by atoms with E-state index in [1.807, 2.05) is 25.1 Å². The number of nitrogens with zero attached hydrogens (tertiary/aromatic N) is 1. The third-order valence-corrected chi connectivity index (χ3v) is 5.12. The van der Waals surface area contributed by atoms with Crippen LogP contribution in [-0.2, 0) is 10.5 Å². The largest absolute Gasteiger partial charge is 0.376 e. The van der Waals surface area contributed by atoms with Gasteiger partial charge in [0.1, 0.15) is 11.5 Å².